The van der Waals surface area contributed by atoms with Crippen molar-refractivity contribution in [2.24, 2.45) is 0 Å². The molecule has 0 spiro atoms. The van der Waals surface area contributed by atoms with E-state index >= 15 is 0 Å². The van der Waals surface area contributed by atoms with E-state index in [2.05, 4.69) is 0 Å². The van der Waals surface area contributed by atoms with E-state index in [9.17, 15) is 27.2 Å². The highest BCUT2D eigenvalue weighted by molar-refractivity contribution is 8.00. The number of imide groups is 1. The van der Waals surface area contributed by atoms with E-state index < -0.39 is 45.2 Å². The van der Waals surface area contributed by atoms with Gasteiger partial charge in [0.2, 0.25) is 11.8 Å². The van der Waals surface area contributed by atoms with Crippen LogP contribution >= 0.6 is 11.8 Å². The van der Waals surface area contributed by atoms with E-state index in [4.69, 9.17) is 0 Å². The van der Waals surface area contributed by atoms with Gasteiger partial charge in [0.25, 0.3) is 0 Å². The van der Waals surface area contributed by atoms with Gasteiger partial charge < -0.3 is 0 Å². The highest BCUT2D eigenvalue weighted by Crippen LogP contribution is 2.37. The fraction of sp³-hybridized carbons (Fsp3) is 0.125. The number of benzene rings is 2. The number of para-hydroxylation sites is 1. The van der Waals surface area contributed by atoms with E-state index in [1.165, 1.54) is 12.1 Å². The van der Waals surface area contributed by atoms with Crippen LogP contribution in [0.4, 0.5) is 23.2 Å². The molecule has 0 N–H and O–H groups in total. The molecule has 1 saturated heterocycles. The first kappa shape index (κ1) is 16.5. The molecular formula is C16H9F4NO2S. The molecule has 0 aliphatic carbocycles. The largest absolute Gasteiger partial charge is 0.274 e. The normalized spacial score (nSPS) is 17.7. The lowest BCUT2D eigenvalue weighted by molar-refractivity contribution is -0.121. The molecule has 2 aromatic rings. The number of carbonyl (C=O) groups excluding carboxylic acids is 2. The highest BCUT2D eigenvalue weighted by atomic mass is 32.2. The van der Waals surface area contributed by atoms with Gasteiger partial charge in [-0.3, -0.25) is 9.59 Å². The molecule has 1 heterocycles. The first-order valence-electron chi connectivity index (χ1n) is 6.81. The summed E-state index contributed by atoms with van der Waals surface area (Å²) in [4.78, 5) is 24.4. The number of nitrogens with zero attached hydrogens (tertiary/aromatic N) is 1. The molecule has 124 valence electrons. The molecule has 1 fully saturated rings. The predicted molar refractivity (Wildman–Crippen MR) is 79.5 cm³/mol. The Morgan fingerprint density at radius 2 is 1.54 bits per heavy atom. The third-order valence-electron chi connectivity index (χ3n) is 3.45. The van der Waals surface area contributed by atoms with Gasteiger partial charge in [-0.05, 0) is 12.1 Å². The highest BCUT2D eigenvalue weighted by Gasteiger charge is 2.41. The number of carbonyl (C=O) groups is 2. The lowest BCUT2D eigenvalue weighted by Gasteiger charge is -2.15. The van der Waals surface area contributed by atoms with Crippen molar-refractivity contribution in [3.63, 3.8) is 0 Å². The van der Waals surface area contributed by atoms with Crippen molar-refractivity contribution in [3.05, 3.63) is 59.7 Å². The van der Waals surface area contributed by atoms with Crippen molar-refractivity contribution in [3.8, 4) is 0 Å². The third kappa shape index (κ3) is 2.77. The second-order valence-corrected chi connectivity index (χ2v) is 6.22. The van der Waals surface area contributed by atoms with Gasteiger partial charge >= 0.3 is 0 Å². The second kappa shape index (κ2) is 6.27. The van der Waals surface area contributed by atoms with E-state index in [0.29, 0.717) is 17.4 Å². The summed E-state index contributed by atoms with van der Waals surface area (Å²) in [6, 6.07) is 8.10. The summed E-state index contributed by atoms with van der Waals surface area (Å²) in [7, 11) is 0. The number of amides is 2. The molecule has 0 aromatic heterocycles. The Hall–Kier alpha value is -2.35. The van der Waals surface area contributed by atoms with Crippen molar-refractivity contribution in [1.29, 1.82) is 0 Å². The zero-order chi connectivity index (χ0) is 17.4. The number of thioether (sulfide) groups is 1. The van der Waals surface area contributed by atoms with Gasteiger partial charge in [0, 0.05) is 12.5 Å². The van der Waals surface area contributed by atoms with Crippen LogP contribution in [-0.2, 0) is 9.59 Å². The Balaban J connectivity index is 1.91. The molecule has 1 aliphatic heterocycles. The van der Waals surface area contributed by atoms with Crippen molar-refractivity contribution in [2.75, 3.05) is 4.90 Å². The van der Waals surface area contributed by atoms with E-state index in [1.807, 2.05) is 0 Å². The smallest absolute Gasteiger partial charge is 0.247 e. The number of anilines is 1. The molecule has 24 heavy (non-hydrogen) atoms. The average Bonchev–Trinajstić information content (AvgIpc) is 2.84. The first-order chi connectivity index (χ1) is 11.4. The quantitative estimate of drug-likeness (QED) is 0.479. The van der Waals surface area contributed by atoms with Gasteiger partial charge in [0.1, 0.15) is 0 Å². The lowest BCUT2D eigenvalue weighted by atomic mass is 10.3. The van der Waals surface area contributed by atoms with Crippen molar-refractivity contribution in [1.82, 2.24) is 0 Å². The van der Waals surface area contributed by atoms with Gasteiger partial charge in [0.05, 0.1) is 15.8 Å². The minimum absolute atomic E-state index is 0.0899. The van der Waals surface area contributed by atoms with E-state index in [0.717, 1.165) is 4.90 Å². The van der Waals surface area contributed by atoms with Crippen LogP contribution in [0.15, 0.2) is 41.3 Å². The SMILES string of the molecule is O=C1CC(Sc2c(F)c(F)cc(F)c2F)C(=O)N1c1ccccc1. The van der Waals surface area contributed by atoms with Crippen LogP contribution in [0.3, 0.4) is 0 Å². The topological polar surface area (TPSA) is 37.4 Å². The molecule has 0 radical (unpaired) electrons. The molecule has 1 aliphatic rings. The van der Waals surface area contributed by atoms with E-state index in [1.54, 1.807) is 18.2 Å². The molecule has 2 amide bonds. The van der Waals surface area contributed by atoms with Crippen molar-refractivity contribution < 1.29 is 27.2 Å². The second-order valence-electron chi connectivity index (χ2n) is 5.01. The van der Waals surface area contributed by atoms with Crippen LogP contribution in [-0.4, -0.2) is 17.1 Å². The Morgan fingerprint density at radius 3 is 2.12 bits per heavy atom. The lowest BCUT2D eigenvalue weighted by Crippen LogP contribution is -2.31. The minimum Gasteiger partial charge on any atom is -0.274 e. The summed E-state index contributed by atoms with van der Waals surface area (Å²) in [5, 5.41) is -1.16. The molecule has 0 bridgehead atoms. The van der Waals surface area contributed by atoms with Gasteiger partial charge in [0.15, 0.2) is 23.3 Å². The van der Waals surface area contributed by atoms with Crippen LogP contribution < -0.4 is 4.90 Å². The predicted octanol–water partition coefficient (Wildman–Crippen LogP) is 3.67. The standard InChI is InChI=1S/C16H9F4NO2S/c17-9-6-10(18)14(20)15(13(9)19)24-11-7-12(22)21(16(11)23)8-4-2-1-3-5-8/h1-6,11H,7H2. The minimum atomic E-state index is -1.59. The van der Waals surface area contributed by atoms with Crippen LogP contribution in [0.1, 0.15) is 6.42 Å². The Bertz CT molecular complexity index is 802. The summed E-state index contributed by atoms with van der Waals surface area (Å²) in [5.41, 5.74) is 0.321. The fourth-order valence-corrected chi connectivity index (χ4v) is 3.46. The van der Waals surface area contributed by atoms with Crippen LogP contribution in [0.2, 0.25) is 0 Å². The molecular weight excluding hydrogens is 346 g/mol. The first-order valence-corrected chi connectivity index (χ1v) is 7.69. The van der Waals surface area contributed by atoms with Crippen LogP contribution in [0.25, 0.3) is 0 Å². The summed E-state index contributed by atoms with van der Waals surface area (Å²) in [5.74, 6) is -7.54. The Kier molecular flexibility index (Phi) is 4.31. The number of hydrogen-bond donors (Lipinski definition) is 0. The molecule has 8 heteroatoms. The van der Waals surface area contributed by atoms with Gasteiger partial charge in [-0.1, -0.05) is 18.2 Å². The summed E-state index contributed by atoms with van der Waals surface area (Å²) < 4.78 is 54.0. The van der Waals surface area contributed by atoms with Gasteiger partial charge in [-0.15, -0.1) is 11.8 Å². The van der Waals surface area contributed by atoms with Crippen LogP contribution in [0.5, 0.6) is 0 Å². The molecule has 1 atom stereocenters. The average molecular weight is 355 g/mol. The van der Waals surface area contributed by atoms with Crippen molar-refractivity contribution >= 4 is 29.3 Å². The van der Waals surface area contributed by atoms with E-state index in [-0.39, 0.29) is 12.5 Å². The molecule has 3 nitrogen and oxygen atoms in total. The monoisotopic (exact) mass is 355 g/mol. The Labute approximate surface area is 138 Å². The van der Waals surface area contributed by atoms with Crippen LogP contribution in [0, 0.1) is 23.3 Å². The number of halogens is 4. The molecule has 2 aromatic carbocycles. The zero-order valence-corrected chi connectivity index (χ0v) is 12.7. The number of rotatable bonds is 3. The van der Waals surface area contributed by atoms with Gasteiger partial charge in [-0.2, -0.15) is 0 Å². The maximum absolute atomic E-state index is 13.7. The number of hydrogen-bond acceptors (Lipinski definition) is 3. The third-order valence-corrected chi connectivity index (χ3v) is 4.70. The maximum atomic E-state index is 13.7. The maximum Gasteiger partial charge on any atom is 0.247 e. The van der Waals surface area contributed by atoms with Gasteiger partial charge in [-0.25, -0.2) is 22.5 Å². The molecule has 1 unspecified atom stereocenters. The Morgan fingerprint density at radius 1 is 0.958 bits per heavy atom. The summed E-state index contributed by atoms with van der Waals surface area (Å²) in [6.07, 6.45) is -0.324. The molecule has 0 saturated carbocycles. The zero-order valence-electron chi connectivity index (χ0n) is 11.9. The summed E-state index contributed by atoms with van der Waals surface area (Å²) in [6.45, 7) is 0. The summed E-state index contributed by atoms with van der Waals surface area (Å²) >= 11 is 0.301. The molecule has 3 rings (SSSR count). The fourth-order valence-electron chi connectivity index (χ4n) is 2.34. The van der Waals surface area contributed by atoms with Crippen molar-refractivity contribution in [2.45, 2.75) is 16.6 Å².